The van der Waals surface area contributed by atoms with Gasteiger partial charge in [-0.3, -0.25) is 0 Å². The first-order valence-corrected chi connectivity index (χ1v) is 10.2. The van der Waals surface area contributed by atoms with Crippen molar-refractivity contribution in [3.63, 3.8) is 0 Å². The minimum Gasteiger partial charge on any atom is -0.489 e. The zero-order valence-corrected chi connectivity index (χ0v) is 16.5. The largest absolute Gasteiger partial charge is 0.489 e. The van der Waals surface area contributed by atoms with Crippen LogP contribution in [-0.4, -0.2) is 55.2 Å². The Kier molecular flexibility index (Phi) is 6.78. The summed E-state index contributed by atoms with van der Waals surface area (Å²) in [5, 5.41) is 7.00. The van der Waals surface area contributed by atoms with E-state index < -0.39 is 0 Å². The molecule has 1 saturated heterocycles. The second-order valence-electron chi connectivity index (χ2n) is 7.60. The highest BCUT2D eigenvalue weighted by molar-refractivity contribution is 5.80. The Morgan fingerprint density at radius 3 is 2.62 bits per heavy atom. The smallest absolute Gasteiger partial charge is 0.191 e. The summed E-state index contributed by atoms with van der Waals surface area (Å²) in [7, 11) is 0. The molecular formula is C21H34N4O. The number of nitrogens with zero attached hydrogens (tertiary/aromatic N) is 2. The van der Waals surface area contributed by atoms with Gasteiger partial charge in [0.05, 0.1) is 6.54 Å². The van der Waals surface area contributed by atoms with E-state index in [0.29, 0.717) is 12.6 Å². The maximum Gasteiger partial charge on any atom is 0.191 e. The van der Waals surface area contributed by atoms with Crippen molar-refractivity contribution < 1.29 is 4.74 Å². The van der Waals surface area contributed by atoms with E-state index in [1.165, 1.54) is 38.8 Å². The fourth-order valence-electron chi connectivity index (χ4n) is 3.52. The zero-order valence-electron chi connectivity index (χ0n) is 16.5. The SMILES string of the molecule is CCNC(=NCC(C)Oc1ccccc1C)NC1CCN(C2CC2)CC1. The molecule has 0 spiro atoms. The Bertz CT molecular complexity index is 591. The molecule has 0 aromatic heterocycles. The van der Waals surface area contributed by atoms with Gasteiger partial charge in [-0.2, -0.15) is 0 Å². The molecule has 1 aliphatic carbocycles. The van der Waals surface area contributed by atoms with Gasteiger partial charge in [0.2, 0.25) is 0 Å². The van der Waals surface area contributed by atoms with Crippen LogP contribution < -0.4 is 15.4 Å². The second kappa shape index (κ2) is 9.26. The molecule has 2 fully saturated rings. The molecule has 1 saturated carbocycles. The molecule has 0 radical (unpaired) electrons. The minimum atomic E-state index is 0.0447. The number of aliphatic imine (C=N–C) groups is 1. The topological polar surface area (TPSA) is 48.9 Å². The summed E-state index contributed by atoms with van der Waals surface area (Å²) < 4.78 is 6.04. The van der Waals surface area contributed by atoms with Gasteiger partial charge in [-0.05, 0) is 58.1 Å². The Morgan fingerprint density at radius 1 is 1.23 bits per heavy atom. The molecule has 144 valence electrons. The third-order valence-electron chi connectivity index (χ3n) is 5.21. The molecule has 1 atom stereocenters. The third kappa shape index (κ3) is 5.63. The first-order valence-electron chi connectivity index (χ1n) is 10.2. The molecule has 5 nitrogen and oxygen atoms in total. The van der Waals surface area contributed by atoms with Gasteiger partial charge in [0.15, 0.2) is 5.96 Å². The molecule has 5 heteroatoms. The molecule has 3 rings (SSSR count). The van der Waals surface area contributed by atoms with Gasteiger partial charge >= 0.3 is 0 Å². The first kappa shape index (κ1) is 19.0. The highest BCUT2D eigenvalue weighted by Gasteiger charge is 2.31. The van der Waals surface area contributed by atoms with Crippen molar-refractivity contribution in [1.82, 2.24) is 15.5 Å². The number of aryl methyl sites for hydroxylation is 1. The van der Waals surface area contributed by atoms with Gasteiger partial charge in [0.1, 0.15) is 11.9 Å². The molecule has 1 aromatic rings. The zero-order chi connectivity index (χ0) is 18.4. The number of para-hydroxylation sites is 1. The van der Waals surface area contributed by atoms with Crippen molar-refractivity contribution in [1.29, 1.82) is 0 Å². The van der Waals surface area contributed by atoms with Crippen LogP contribution in [0.2, 0.25) is 0 Å². The summed E-state index contributed by atoms with van der Waals surface area (Å²) in [4.78, 5) is 7.41. The van der Waals surface area contributed by atoms with Crippen LogP contribution in [0.4, 0.5) is 0 Å². The minimum absolute atomic E-state index is 0.0447. The summed E-state index contributed by atoms with van der Waals surface area (Å²) >= 11 is 0. The van der Waals surface area contributed by atoms with Crippen LogP contribution >= 0.6 is 0 Å². The van der Waals surface area contributed by atoms with E-state index in [4.69, 9.17) is 9.73 Å². The van der Waals surface area contributed by atoms with Crippen LogP contribution in [0, 0.1) is 6.92 Å². The maximum absolute atomic E-state index is 6.04. The van der Waals surface area contributed by atoms with Crippen LogP contribution in [0.5, 0.6) is 5.75 Å². The summed E-state index contributed by atoms with van der Waals surface area (Å²) in [5.41, 5.74) is 1.16. The molecule has 1 aliphatic heterocycles. The lowest BCUT2D eigenvalue weighted by Gasteiger charge is -2.33. The van der Waals surface area contributed by atoms with Gasteiger partial charge in [0, 0.05) is 31.7 Å². The normalized spacial score (nSPS) is 20.7. The van der Waals surface area contributed by atoms with Crippen molar-refractivity contribution in [3.8, 4) is 5.75 Å². The lowest BCUT2D eigenvalue weighted by Crippen LogP contribution is -2.49. The van der Waals surface area contributed by atoms with Crippen molar-refractivity contribution in [2.75, 3.05) is 26.2 Å². The number of ether oxygens (including phenoxy) is 1. The molecule has 2 aliphatic rings. The summed E-state index contributed by atoms with van der Waals surface area (Å²) in [6.45, 7) is 10.2. The Balaban J connectivity index is 1.47. The number of rotatable bonds is 7. The highest BCUT2D eigenvalue weighted by Crippen LogP contribution is 2.29. The maximum atomic E-state index is 6.04. The third-order valence-corrected chi connectivity index (χ3v) is 5.21. The van der Waals surface area contributed by atoms with Crippen molar-refractivity contribution in [3.05, 3.63) is 29.8 Å². The average Bonchev–Trinajstić information content (AvgIpc) is 3.48. The predicted molar refractivity (Wildman–Crippen MR) is 108 cm³/mol. The van der Waals surface area contributed by atoms with E-state index in [1.807, 2.05) is 18.2 Å². The van der Waals surface area contributed by atoms with Gasteiger partial charge in [-0.1, -0.05) is 18.2 Å². The Labute approximate surface area is 158 Å². The van der Waals surface area contributed by atoms with E-state index in [-0.39, 0.29) is 6.10 Å². The van der Waals surface area contributed by atoms with Crippen LogP contribution in [0.1, 0.15) is 45.1 Å². The summed E-state index contributed by atoms with van der Waals surface area (Å²) in [6, 6.07) is 9.55. The molecule has 2 N–H and O–H groups in total. The fraction of sp³-hybridized carbons (Fsp3) is 0.667. The van der Waals surface area contributed by atoms with Gasteiger partial charge in [0.25, 0.3) is 0 Å². The van der Waals surface area contributed by atoms with E-state index in [2.05, 4.69) is 42.4 Å². The summed E-state index contributed by atoms with van der Waals surface area (Å²) in [6.07, 6.45) is 5.26. The van der Waals surface area contributed by atoms with Crippen molar-refractivity contribution in [2.45, 2.75) is 64.6 Å². The first-order chi connectivity index (χ1) is 12.7. The van der Waals surface area contributed by atoms with Crippen molar-refractivity contribution in [2.24, 2.45) is 4.99 Å². The van der Waals surface area contributed by atoms with E-state index in [1.54, 1.807) is 0 Å². The standard InChI is InChI=1S/C21H34N4O/c1-4-22-21(24-18-11-13-25(14-12-18)19-9-10-19)23-15-17(3)26-20-8-6-5-7-16(20)2/h5-8,17-19H,4,9-15H2,1-3H3,(H2,22,23,24). The number of guanidine groups is 1. The number of benzene rings is 1. The molecule has 0 bridgehead atoms. The van der Waals surface area contributed by atoms with Crippen LogP contribution in [0.25, 0.3) is 0 Å². The summed E-state index contributed by atoms with van der Waals surface area (Å²) in [5.74, 6) is 1.86. The Morgan fingerprint density at radius 2 is 1.96 bits per heavy atom. The van der Waals surface area contributed by atoms with Gasteiger partial charge in [-0.15, -0.1) is 0 Å². The molecular weight excluding hydrogens is 324 g/mol. The molecule has 1 unspecified atom stereocenters. The number of piperidine rings is 1. The predicted octanol–water partition coefficient (Wildman–Crippen LogP) is 2.94. The lowest BCUT2D eigenvalue weighted by molar-refractivity contribution is 0.197. The van der Waals surface area contributed by atoms with Crippen LogP contribution in [0.15, 0.2) is 29.3 Å². The highest BCUT2D eigenvalue weighted by atomic mass is 16.5. The average molecular weight is 359 g/mol. The number of hydrogen-bond donors (Lipinski definition) is 2. The van der Waals surface area contributed by atoms with Crippen LogP contribution in [0.3, 0.4) is 0 Å². The van der Waals surface area contributed by atoms with E-state index in [9.17, 15) is 0 Å². The molecule has 0 amide bonds. The molecule has 26 heavy (non-hydrogen) atoms. The number of nitrogens with one attached hydrogen (secondary N) is 2. The fourth-order valence-corrected chi connectivity index (χ4v) is 3.52. The van der Waals surface area contributed by atoms with Gasteiger partial charge in [-0.25, -0.2) is 4.99 Å². The lowest BCUT2D eigenvalue weighted by atomic mass is 10.1. The Hall–Kier alpha value is -1.75. The number of likely N-dealkylation sites (tertiary alicyclic amines) is 1. The molecule has 1 aromatic carbocycles. The molecule has 1 heterocycles. The van der Waals surface area contributed by atoms with Crippen LogP contribution in [-0.2, 0) is 0 Å². The number of hydrogen-bond acceptors (Lipinski definition) is 3. The quantitative estimate of drug-likeness (QED) is 0.581. The van der Waals surface area contributed by atoms with Gasteiger partial charge < -0.3 is 20.3 Å². The second-order valence-corrected chi connectivity index (χ2v) is 7.60. The van der Waals surface area contributed by atoms with E-state index in [0.717, 1.165) is 29.9 Å². The van der Waals surface area contributed by atoms with Crippen molar-refractivity contribution >= 4 is 5.96 Å². The van der Waals surface area contributed by atoms with E-state index >= 15 is 0 Å². The monoisotopic (exact) mass is 358 g/mol.